The van der Waals surface area contributed by atoms with Gasteiger partial charge in [0.2, 0.25) is 10.0 Å². The Morgan fingerprint density at radius 3 is 2.32 bits per heavy atom. The molecule has 9 heteroatoms. The molecular weight excluding hydrogens is 385 g/mol. The van der Waals surface area contributed by atoms with Crippen molar-refractivity contribution in [1.29, 1.82) is 0 Å². The minimum atomic E-state index is -4.04. The van der Waals surface area contributed by atoms with Crippen LogP contribution >= 0.6 is 0 Å². The van der Waals surface area contributed by atoms with Gasteiger partial charge >= 0.3 is 0 Å². The van der Waals surface area contributed by atoms with Crippen LogP contribution < -0.4 is 14.2 Å². The topological polar surface area (TPSA) is 82.4 Å². The molecule has 7 nitrogen and oxygen atoms in total. The zero-order chi connectivity index (χ0) is 20.3. The maximum Gasteiger partial charge on any atom is 0.241 e. The molecule has 1 atom stereocenters. The van der Waals surface area contributed by atoms with Crippen molar-refractivity contribution in [2.45, 2.75) is 10.9 Å². The summed E-state index contributed by atoms with van der Waals surface area (Å²) >= 11 is 0. The SMILES string of the molecule is COc1cc(OC)cc([C@@H](NS(=O)(=O)c2cccc(F)c2)c2nccn2C)c1. The van der Waals surface area contributed by atoms with Gasteiger partial charge in [0.05, 0.1) is 19.1 Å². The molecule has 0 amide bonds. The van der Waals surface area contributed by atoms with Gasteiger partial charge in [0.1, 0.15) is 29.2 Å². The summed E-state index contributed by atoms with van der Waals surface area (Å²) in [6.07, 6.45) is 3.27. The normalized spacial score (nSPS) is 12.6. The average Bonchev–Trinajstić information content (AvgIpc) is 3.11. The van der Waals surface area contributed by atoms with E-state index in [2.05, 4.69) is 9.71 Å². The van der Waals surface area contributed by atoms with Crippen LogP contribution in [-0.2, 0) is 17.1 Å². The van der Waals surface area contributed by atoms with Crippen molar-refractivity contribution in [3.05, 3.63) is 72.1 Å². The smallest absolute Gasteiger partial charge is 0.241 e. The molecule has 1 N–H and O–H groups in total. The monoisotopic (exact) mass is 405 g/mol. The summed E-state index contributed by atoms with van der Waals surface area (Å²) in [5, 5.41) is 0. The van der Waals surface area contributed by atoms with Gasteiger partial charge in [0.15, 0.2) is 0 Å². The van der Waals surface area contributed by atoms with Crippen LogP contribution in [0.1, 0.15) is 17.4 Å². The van der Waals surface area contributed by atoms with Crippen LogP contribution in [0.3, 0.4) is 0 Å². The summed E-state index contributed by atoms with van der Waals surface area (Å²) in [4.78, 5) is 4.10. The van der Waals surface area contributed by atoms with E-state index in [0.29, 0.717) is 22.9 Å². The summed E-state index contributed by atoms with van der Waals surface area (Å²) < 4.78 is 54.3. The molecule has 0 aliphatic heterocycles. The Morgan fingerprint density at radius 1 is 1.11 bits per heavy atom. The number of benzene rings is 2. The van der Waals surface area contributed by atoms with Gasteiger partial charge in [-0.2, -0.15) is 4.72 Å². The molecule has 2 aromatic carbocycles. The first kappa shape index (κ1) is 19.8. The lowest BCUT2D eigenvalue weighted by Crippen LogP contribution is -2.31. The molecule has 28 heavy (non-hydrogen) atoms. The Bertz CT molecular complexity index is 1060. The quantitative estimate of drug-likeness (QED) is 0.654. The van der Waals surface area contributed by atoms with Crippen LogP contribution in [0.25, 0.3) is 0 Å². The molecule has 0 aliphatic carbocycles. The first-order valence-corrected chi connectivity index (χ1v) is 9.80. The molecule has 0 unspecified atom stereocenters. The zero-order valence-electron chi connectivity index (χ0n) is 15.6. The third-order valence-electron chi connectivity index (χ3n) is 4.20. The van der Waals surface area contributed by atoms with E-state index in [1.807, 2.05) is 0 Å². The third-order valence-corrected chi connectivity index (χ3v) is 5.62. The standard InChI is InChI=1S/C19H20FN3O4S/c1-23-8-7-21-19(23)18(13-9-15(26-2)12-16(10-13)27-3)22-28(24,25)17-6-4-5-14(20)11-17/h4-12,18,22H,1-3H3/t18-/m1/s1. The van der Waals surface area contributed by atoms with E-state index in [1.54, 1.807) is 42.2 Å². The number of aryl methyl sites for hydroxylation is 1. The molecule has 3 rings (SSSR count). The highest BCUT2D eigenvalue weighted by Crippen LogP contribution is 2.30. The van der Waals surface area contributed by atoms with Crippen molar-refractivity contribution in [2.24, 2.45) is 7.05 Å². The number of aromatic nitrogens is 2. The highest BCUT2D eigenvalue weighted by molar-refractivity contribution is 7.89. The van der Waals surface area contributed by atoms with Crippen molar-refractivity contribution in [1.82, 2.24) is 14.3 Å². The molecule has 0 fully saturated rings. The number of nitrogens with zero attached hydrogens (tertiary/aromatic N) is 2. The Morgan fingerprint density at radius 2 is 1.79 bits per heavy atom. The highest BCUT2D eigenvalue weighted by Gasteiger charge is 2.27. The second kappa shape index (κ2) is 7.99. The van der Waals surface area contributed by atoms with Gasteiger partial charge in [-0.05, 0) is 35.9 Å². The number of rotatable bonds is 7. The van der Waals surface area contributed by atoms with Crippen LogP contribution in [0.2, 0.25) is 0 Å². The first-order chi connectivity index (χ1) is 13.3. The number of halogens is 1. The van der Waals surface area contributed by atoms with Gasteiger partial charge in [-0.15, -0.1) is 0 Å². The first-order valence-electron chi connectivity index (χ1n) is 8.32. The number of hydrogen-bond acceptors (Lipinski definition) is 5. The Balaban J connectivity index is 2.10. The number of imidazole rings is 1. The van der Waals surface area contributed by atoms with E-state index in [-0.39, 0.29) is 4.90 Å². The lowest BCUT2D eigenvalue weighted by Gasteiger charge is -2.20. The minimum absolute atomic E-state index is 0.179. The van der Waals surface area contributed by atoms with Gasteiger partial charge in [0.25, 0.3) is 0 Å². The van der Waals surface area contributed by atoms with Gasteiger partial charge in [0, 0.05) is 25.5 Å². The van der Waals surface area contributed by atoms with Crippen molar-refractivity contribution in [3.63, 3.8) is 0 Å². The number of ether oxygens (including phenoxy) is 2. The Kier molecular flexibility index (Phi) is 5.66. The Hall–Kier alpha value is -2.91. The van der Waals surface area contributed by atoms with E-state index in [4.69, 9.17) is 9.47 Å². The van der Waals surface area contributed by atoms with Crippen LogP contribution in [0, 0.1) is 5.82 Å². The maximum absolute atomic E-state index is 13.6. The van der Waals surface area contributed by atoms with Crippen LogP contribution in [0.4, 0.5) is 4.39 Å². The maximum atomic E-state index is 13.6. The van der Waals surface area contributed by atoms with Gasteiger partial charge < -0.3 is 14.0 Å². The van der Waals surface area contributed by atoms with Crippen molar-refractivity contribution in [2.75, 3.05) is 14.2 Å². The predicted molar refractivity (Wildman–Crippen MR) is 101 cm³/mol. The molecule has 0 radical (unpaired) electrons. The third kappa shape index (κ3) is 4.15. The van der Waals surface area contributed by atoms with E-state index in [9.17, 15) is 12.8 Å². The number of methoxy groups -OCH3 is 2. The van der Waals surface area contributed by atoms with Crippen LogP contribution in [0.15, 0.2) is 59.8 Å². The summed E-state index contributed by atoms with van der Waals surface area (Å²) in [6.45, 7) is 0. The summed E-state index contributed by atoms with van der Waals surface area (Å²) in [5.74, 6) is 0.812. The van der Waals surface area contributed by atoms with Crippen LogP contribution in [-0.4, -0.2) is 32.2 Å². The molecule has 0 spiro atoms. The zero-order valence-corrected chi connectivity index (χ0v) is 16.4. The predicted octanol–water partition coefficient (Wildman–Crippen LogP) is 2.64. The van der Waals surface area contributed by atoms with Crippen LogP contribution in [0.5, 0.6) is 11.5 Å². The van der Waals surface area contributed by atoms with E-state index < -0.39 is 21.9 Å². The Labute approximate surface area is 162 Å². The van der Waals surface area contributed by atoms with Crippen molar-refractivity contribution in [3.8, 4) is 11.5 Å². The number of nitrogens with one attached hydrogen (secondary N) is 1. The lowest BCUT2D eigenvalue weighted by atomic mass is 10.1. The highest BCUT2D eigenvalue weighted by atomic mass is 32.2. The molecular formula is C19H20FN3O4S. The second-order valence-corrected chi connectivity index (χ2v) is 7.77. The van der Waals surface area contributed by atoms with E-state index >= 15 is 0 Å². The molecule has 148 valence electrons. The fourth-order valence-corrected chi connectivity index (χ4v) is 3.99. The molecule has 0 saturated heterocycles. The molecule has 0 saturated carbocycles. The summed E-state index contributed by atoms with van der Waals surface area (Å²) in [5.41, 5.74) is 0.561. The number of hydrogen-bond donors (Lipinski definition) is 1. The second-order valence-electron chi connectivity index (χ2n) is 6.05. The van der Waals surface area contributed by atoms with E-state index in [1.165, 1.54) is 32.4 Å². The summed E-state index contributed by atoms with van der Waals surface area (Å²) in [7, 11) is 0.727. The number of sulfonamides is 1. The fraction of sp³-hybridized carbons (Fsp3) is 0.211. The van der Waals surface area contributed by atoms with Gasteiger partial charge in [-0.25, -0.2) is 17.8 Å². The van der Waals surface area contributed by atoms with E-state index in [0.717, 1.165) is 6.07 Å². The van der Waals surface area contributed by atoms with Gasteiger partial charge in [-0.1, -0.05) is 6.07 Å². The molecule has 1 aromatic heterocycles. The molecule has 3 aromatic rings. The minimum Gasteiger partial charge on any atom is -0.497 e. The summed E-state index contributed by atoms with van der Waals surface area (Å²) in [6, 6.07) is 9.02. The molecule has 0 bridgehead atoms. The van der Waals surface area contributed by atoms with Crippen molar-refractivity contribution < 1.29 is 22.3 Å². The van der Waals surface area contributed by atoms with Gasteiger partial charge in [-0.3, -0.25) is 0 Å². The molecule has 1 heterocycles. The fourth-order valence-electron chi connectivity index (χ4n) is 2.78. The van der Waals surface area contributed by atoms with Crippen molar-refractivity contribution >= 4 is 10.0 Å². The lowest BCUT2D eigenvalue weighted by molar-refractivity contribution is 0.392. The molecule has 0 aliphatic rings. The largest absolute Gasteiger partial charge is 0.497 e. The average molecular weight is 405 g/mol.